The molecule has 0 aliphatic carbocycles. The van der Waals surface area contributed by atoms with Crippen LogP contribution in [-0.4, -0.2) is 99.0 Å². The van der Waals surface area contributed by atoms with Crippen LogP contribution in [0.25, 0.3) is 21.8 Å². The molecule has 59 heavy (non-hydrogen) atoms. The Balaban J connectivity index is 0.931. The number of nitrogens with zero attached hydrogens (tertiary/aromatic N) is 4. The quantitative estimate of drug-likeness (QED) is 0.0938. The number of aliphatic hydroxyl groups excluding tert-OH is 1. The fraction of sp³-hybridized carbons (Fsp3) is 0.333. The highest BCUT2D eigenvalue weighted by Gasteiger charge is 2.44. The van der Waals surface area contributed by atoms with Crippen LogP contribution in [0.5, 0.6) is 0 Å². The molecular weight excluding hydrogens is 793 g/mol. The molecule has 2 aromatic carbocycles. The first-order chi connectivity index (χ1) is 28.3. The van der Waals surface area contributed by atoms with Crippen molar-refractivity contribution in [2.75, 3.05) is 31.6 Å². The molecule has 5 N–H and O–H groups in total. The molecule has 0 saturated carbocycles. The van der Waals surface area contributed by atoms with Crippen LogP contribution in [0.1, 0.15) is 59.2 Å². The number of thiazole rings is 2. The first kappa shape index (κ1) is 42.7. The van der Waals surface area contributed by atoms with Gasteiger partial charge in [-0.3, -0.25) is 34.3 Å². The van der Waals surface area contributed by atoms with Gasteiger partial charge >= 0.3 is 0 Å². The van der Waals surface area contributed by atoms with E-state index in [1.54, 1.807) is 49.2 Å². The van der Waals surface area contributed by atoms with E-state index < -0.39 is 47.2 Å². The number of nitrogens with one attached hydrogen (secondary N) is 4. The van der Waals surface area contributed by atoms with Crippen molar-refractivity contribution in [2.45, 2.75) is 58.8 Å². The molecule has 0 unspecified atom stereocenters. The summed E-state index contributed by atoms with van der Waals surface area (Å²) in [6, 6.07) is 17.5. The Morgan fingerprint density at radius 1 is 0.915 bits per heavy atom. The van der Waals surface area contributed by atoms with Crippen molar-refractivity contribution in [3.05, 3.63) is 106 Å². The number of aromatic nitrogens is 3. The number of hydrogen-bond acceptors (Lipinski definition) is 12. The number of aryl methyl sites for hydroxylation is 1. The molecule has 0 radical (unpaired) electrons. The number of rotatable bonds is 15. The summed E-state index contributed by atoms with van der Waals surface area (Å²) in [6.45, 7) is 7.26. The lowest BCUT2D eigenvalue weighted by Gasteiger charge is -2.35. The van der Waals surface area contributed by atoms with E-state index >= 15 is 0 Å². The molecule has 1 aliphatic heterocycles. The van der Waals surface area contributed by atoms with E-state index in [0.717, 1.165) is 21.7 Å². The Morgan fingerprint density at radius 2 is 1.64 bits per heavy atom. The summed E-state index contributed by atoms with van der Waals surface area (Å²) in [5.74, 6) is -2.21. The first-order valence-electron chi connectivity index (χ1n) is 19.0. The molecular formula is C42H46N8O7S2. The lowest BCUT2D eigenvalue weighted by Crippen LogP contribution is -2.58. The average molecular weight is 839 g/mol. The number of aliphatic hydroxyl groups is 1. The number of benzene rings is 2. The van der Waals surface area contributed by atoms with Crippen LogP contribution in [0.2, 0.25) is 0 Å². The number of ether oxygens (including phenoxy) is 1. The molecule has 3 aromatic heterocycles. The number of hydrogen-bond donors (Lipinski definition) is 5. The van der Waals surface area contributed by atoms with Gasteiger partial charge in [-0.2, -0.15) is 0 Å². The minimum Gasteiger partial charge on any atom is -0.391 e. The maximum Gasteiger partial charge on any atom is 0.257 e. The highest BCUT2D eigenvalue weighted by molar-refractivity contribution is 7.14. The van der Waals surface area contributed by atoms with E-state index in [4.69, 9.17) is 4.74 Å². The van der Waals surface area contributed by atoms with Crippen LogP contribution >= 0.6 is 22.7 Å². The topological polar surface area (TPSA) is 205 Å². The normalized spacial score (nSPS) is 15.6. The zero-order valence-corrected chi connectivity index (χ0v) is 34.7. The highest BCUT2D eigenvalue weighted by atomic mass is 32.1. The summed E-state index contributed by atoms with van der Waals surface area (Å²) in [6.07, 6.45) is 0.843. The maximum atomic E-state index is 13.9. The van der Waals surface area contributed by atoms with Crippen LogP contribution in [0.4, 0.5) is 5.13 Å². The lowest BCUT2D eigenvalue weighted by molar-refractivity contribution is -0.144. The van der Waals surface area contributed by atoms with Gasteiger partial charge in [0.15, 0.2) is 5.13 Å². The van der Waals surface area contributed by atoms with Crippen LogP contribution in [-0.2, 0) is 25.7 Å². The standard InChI is InChI=1S/C42H46N8O7S2/c1-25-35(59-24-46-25)27-10-8-26(9-11-27)20-45-39(55)33-19-30(51)21-50(33)40(56)36(42(2,3)4)48-34(52)22-57-18-17-44-37(53)28-12-14-29(15-13-28)38(54)49-41-47-32(23-58-41)31-7-5-6-16-43-31/h5-16,23-24,30,33,36,51H,17-22H2,1-4H3,(H,44,53)(H,45,55)(H,48,52)(H,47,49,54)/t30-,33+,36-/m1/s1. The molecule has 0 spiro atoms. The van der Waals surface area contributed by atoms with E-state index in [2.05, 4.69) is 36.2 Å². The van der Waals surface area contributed by atoms with Gasteiger partial charge in [0.2, 0.25) is 17.7 Å². The van der Waals surface area contributed by atoms with Gasteiger partial charge in [-0.05, 0) is 59.9 Å². The van der Waals surface area contributed by atoms with Crippen molar-refractivity contribution in [3.8, 4) is 21.8 Å². The van der Waals surface area contributed by atoms with Gasteiger partial charge < -0.3 is 30.7 Å². The summed E-state index contributed by atoms with van der Waals surface area (Å²) >= 11 is 2.84. The van der Waals surface area contributed by atoms with Crippen molar-refractivity contribution < 1.29 is 33.8 Å². The lowest BCUT2D eigenvalue weighted by atomic mass is 9.85. The van der Waals surface area contributed by atoms with Gasteiger partial charge in [-0.1, -0.05) is 51.1 Å². The Hall–Kier alpha value is -5.88. The SMILES string of the molecule is Cc1ncsc1-c1ccc(CNC(=O)[C@@H]2C[C@@H](O)CN2C(=O)[C@@H](NC(=O)COCCNC(=O)c2ccc(C(=O)Nc3nc(-c4ccccn4)cs3)cc2)C(C)(C)C)cc1. The average Bonchev–Trinajstić information content (AvgIpc) is 3.98. The van der Waals surface area contributed by atoms with Crippen LogP contribution < -0.4 is 21.3 Å². The summed E-state index contributed by atoms with van der Waals surface area (Å²) < 4.78 is 5.50. The van der Waals surface area contributed by atoms with Crippen molar-refractivity contribution in [1.29, 1.82) is 0 Å². The second-order valence-corrected chi connectivity index (χ2v) is 16.7. The summed E-state index contributed by atoms with van der Waals surface area (Å²) in [5.41, 5.74) is 5.95. The van der Waals surface area contributed by atoms with Gasteiger partial charge in [0.25, 0.3) is 11.8 Å². The molecule has 5 amide bonds. The monoisotopic (exact) mass is 838 g/mol. The van der Waals surface area contributed by atoms with Crippen molar-refractivity contribution in [1.82, 2.24) is 35.8 Å². The summed E-state index contributed by atoms with van der Waals surface area (Å²) in [7, 11) is 0. The molecule has 1 fully saturated rings. The first-order valence-corrected chi connectivity index (χ1v) is 20.7. The molecule has 6 rings (SSSR count). The van der Waals surface area contributed by atoms with E-state index in [-0.39, 0.29) is 45.2 Å². The van der Waals surface area contributed by atoms with Gasteiger partial charge in [0, 0.05) is 48.8 Å². The second kappa shape index (κ2) is 19.2. The second-order valence-electron chi connectivity index (χ2n) is 15.0. The van der Waals surface area contributed by atoms with Gasteiger partial charge in [-0.25, -0.2) is 9.97 Å². The third kappa shape index (κ3) is 11.2. The molecule has 4 heterocycles. The fourth-order valence-corrected chi connectivity index (χ4v) is 7.90. The largest absolute Gasteiger partial charge is 0.391 e. The third-order valence-electron chi connectivity index (χ3n) is 9.54. The number of pyridine rings is 1. The van der Waals surface area contributed by atoms with E-state index in [9.17, 15) is 29.1 Å². The minimum atomic E-state index is -1.02. The predicted molar refractivity (Wildman–Crippen MR) is 225 cm³/mol. The van der Waals surface area contributed by atoms with E-state index in [0.29, 0.717) is 27.6 Å². The Bertz CT molecular complexity index is 2260. The Morgan fingerprint density at radius 3 is 2.31 bits per heavy atom. The number of β-amino-alcohol motifs (C(OH)–C–C–N with tert-alkyl or cyclic N) is 1. The molecule has 308 valence electrons. The minimum absolute atomic E-state index is 0.0102. The van der Waals surface area contributed by atoms with Crippen molar-refractivity contribution in [2.24, 2.45) is 5.41 Å². The van der Waals surface area contributed by atoms with Gasteiger partial charge in [-0.15, -0.1) is 22.7 Å². The molecule has 1 saturated heterocycles. The smallest absolute Gasteiger partial charge is 0.257 e. The number of carbonyl (C=O) groups excluding carboxylic acids is 5. The van der Waals surface area contributed by atoms with Crippen molar-refractivity contribution >= 4 is 57.3 Å². The maximum absolute atomic E-state index is 13.9. The highest BCUT2D eigenvalue weighted by Crippen LogP contribution is 2.29. The van der Waals surface area contributed by atoms with Crippen LogP contribution in [0, 0.1) is 12.3 Å². The van der Waals surface area contributed by atoms with E-state index in [1.807, 2.05) is 49.4 Å². The molecule has 5 aromatic rings. The molecule has 1 aliphatic rings. The third-order valence-corrected chi connectivity index (χ3v) is 11.3. The van der Waals surface area contributed by atoms with Gasteiger partial charge in [0.05, 0.1) is 34.5 Å². The molecule has 0 bridgehead atoms. The number of likely N-dealkylation sites (tertiary alicyclic amines) is 1. The number of anilines is 1. The zero-order valence-electron chi connectivity index (χ0n) is 33.1. The molecule has 17 heteroatoms. The molecule has 15 nitrogen and oxygen atoms in total. The summed E-state index contributed by atoms with van der Waals surface area (Å²) in [4.78, 5) is 81.2. The van der Waals surface area contributed by atoms with Gasteiger partial charge in [0.1, 0.15) is 24.4 Å². The zero-order chi connectivity index (χ0) is 42.1. The van der Waals surface area contributed by atoms with Crippen LogP contribution in [0.3, 0.4) is 0 Å². The predicted octanol–water partition coefficient (Wildman–Crippen LogP) is 4.44. The van der Waals surface area contributed by atoms with E-state index in [1.165, 1.54) is 40.5 Å². The fourth-order valence-electron chi connectivity index (χ4n) is 6.39. The van der Waals surface area contributed by atoms with Crippen molar-refractivity contribution in [3.63, 3.8) is 0 Å². The molecule has 3 atom stereocenters. The number of carbonyl (C=O) groups is 5. The summed E-state index contributed by atoms with van der Waals surface area (Å²) in [5, 5.41) is 23.9. The van der Waals surface area contributed by atoms with Crippen LogP contribution in [0.15, 0.2) is 83.8 Å². The Labute approximate surface area is 349 Å². The number of amides is 5. The Kier molecular flexibility index (Phi) is 13.9.